The second-order valence-electron chi connectivity index (χ2n) is 8.16. The number of amides is 3. The molecule has 3 amide bonds. The van der Waals surface area contributed by atoms with Gasteiger partial charge in [-0.3, -0.25) is 4.79 Å². The molecule has 0 spiro atoms. The normalized spacial score (nSPS) is 13.4. The molecular formula is C24H29N5O3. The van der Waals surface area contributed by atoms with Gasteiger partial charge in [-0.1, -0.05) is 12.1 Å². The first kappa shape index (κ1) is 21.7. The van der Waals surface area contributed by atoms with Gasteiger partial charge in [0.15, 0.2) is 0 Å². The maximum atomic E-state index is 12.7. The molecule has 1 aromatic heterocycles. The standard InChI is InChI=1S/C24H29N5O3/c1-27(24(31)25-15-17-7-6-8-19(13-17)32-3)16-22-26-20-14-18(9-10-21(20)28(22)2)23(30)29-11-4-5-12-29/h6-10,13-14H,4-5,11-12,15-16H2,1-3H3,(H,25,31). The average molecular weight is 436 g/mol. The van der Waals surface area contributed by atoms with E-state index in [1.807, 2.05) is 59.0 Å². The van der Waals surface area contributed by atoms with Crippen LogP contribution < -0.4 is 10.1 Å². The van der Waals surface area contributed by atoms with E-state index < -0.39 is 0 Å². The van der Waals surface area contributed by atoms with E-state index in [-0.39, 0.29) is 11.9 Å². The van der Waals surface area contributed by atoms with Crippen LogP contribution in [0.15, 0.2) is 42.5 Å². The molecule has 0 unspecified atom stereocenters. The van der Waals surface area contributed by atoms with Crippen LogP contribution in [-0.2, 0) is 20.1 Å². The average Bonchev–Trinajstić information content (AvgIpc) is 3.45. The summed E-state index contributed by atoms with van der Waals surface area (Å²) in [4.78, 5) is 33.5. The third kappa shape index (κ3) is 4.54. The summed E-state index contributed by atoms with van der Waals surface area (Å²) in [5.74, 6) is 1.57. The number of carbonyl (C=O) groups is 2. The first-order valence-corrected chi connectivity index (χ1v) is 10.8. The molecule has 2 aromatic carbocycles. The van der Waals surface area contributed by atoms with Crippen molar-refractivity contribution in [2.45, 2.75) is 25.9 Å². The third-order valence-electron chi connectivity index (χ3n) is 5.92. The Morgan fingerprint density at radius 1 is 1.16 bits per heavy atom. The number of likely N-dealkylation sites (tertiary alicyclic amines) is 1. The van der Waals surface area contributed by atoms with Crippen LogP contribution in [0.25, 0.3) is 11.0 Å². The van der Waals surface area contributed by atoms with Crippen LogP contribution in [0, 0.1) is 0 Å². The molecule has 1 N–H and O–H groups in total. The highest BCUT2D eigenvalue weighted by Crippen LogP contribution is 2.20. The van der Waals surface area contributed by atoms with Gasteiger partial charge in [-0.05, 0) is 48.7 Å². The predicted molar refractivity (Wildman–Crippen MR) is 123 cm³/mol. The Morgan fingerprint density at radius 3 is 2.69 bits per heavy atom. The van der Waals surface area contributed by atoms with Gasteiger partial charge in [0.05, 0.1) is 24.7 Å². The zero-order valence-corrected chi connectivity index (χ0v) is 18.8. The van der Waals surface area contributed by atoms with Gasteiger partial charge in [0.1, 0.15) is 11.6 Å². The summed E-state index contributed by atoms with van der Waals surface area (Å²) in [6.07, 6.45) is 2.13. The second-order valence-corrected chi connectivity index (χ2v) is 8.16. The van der Waals surface area contributed by atoms with Crippen molar-refractivity contribution in [2.24, 2.45) is 7.05 Å². The molecule has 2 heterocycles. The first-order chi connectivity index (χ1) is 15.5. The number of hydrogen-bond acceptors (Lipinski definition) is 4. The van der Waals surface area contributed by atoms with Gasteiger partial charge in [-0.2, -0.15) is 0 Å². The number of aryl methyl sites for hydroxylation is 1. The van der Waals surface area contributed by atoms with Gasteiger partial charge in [-0.15, -0.1) is 0 Å². The Kier molecular flexibility index (Phi) is 6.30. The summed E-state index contributed by atoms with van der Waals surface area (Å²) in [5.41, 5.74) is 3.32. The van der Waals surface area contributed by atoms with Crippen LogP contribution in [0.5, 0.6) is 5.75 Å². The molecule has 0 atom stereocenters. The summed E-state index contributed by atoms with van der Waals surface area (Å²) in [5, 5.41) is 2.92. The molecule has 8 heteroatoms. The topological polar surface area (TPSA) is 79.7 Å². The van der Waals surface area contributed by atoms with Gasteiger partial charge in [0, 0.05) is 39.3 Å². The second kappa shape index (κ2) is 9.30. The molecular weight excluding hydrogens is 406 g/mol. The van der Waals surface area contributed by atoms with Crippen molar-refractivity contribution in [1.29, 1.82) is 0 Å². The maximum Gasteiger partial charge on any atom is 0.317 e. The van der Waals surface area contributed by atoms with E-state index in [0.717, 1.165) is 54.1 Å². The Bertz CT molecular complexity index is 1130. The van der Waals surface area contributed by atoms with E-state index in [2.05, 4.69) is 5.32 Å². The van der Waals surface area contributed by atoms with Crippen molar-refractivity contribution in [3.8, 4) is 5.75 Å². The third-order valence-corrected chi connectivity index (χ3v) is 5.92. The number of ether oxygens (including phenoxy) is 1. The first-order valence-electron chi connectivity index (χ1n) is 10.8. The van der Waals surface area contributed by atoms with Crippen molar-refractivity contribution >= 4 is 23.0 Å². The summed E-state index contributed by atoms with van der Waals surface area (Å²) >= 11 is 0. The highest BCUT2D eigenvalue weighted by atomic mass is 16.5. The van der Waals surface area contributed by atoms with Crippen LogP contribution in [0.2, 0.25) is 0 Å². The Labute approximate surface area is 187 Å². The SMILES string of the molecule is COc1cccc(CNC(=O)N(C)Cc2nc3cc(C(=O)N4CCCC4)ccc3n2C)c1. The number of urea groups is 1. The van der Waals surface area contributed by atoms with E-state index >= 15 is 0 Å². The lowest BCUT2D eigenvalue weighted by molar-refractivity contribution is 0.0793. The lowest BCUT2D eigenvalue weighted by Gasteiger charge is -2.18. The number of fused-ring (bicyclic) bond motifs is 1. The molecule has 0 aliphatic carbocycles. The lowest BCUT2D eigenvalue weighted by Crippen LogP contribution is -2.36. The minimum Gasteiger partial charge on any atom is -0.497 e. The number of rotatable bonds is 6. The number of aromatic nitrogens is 2. The smallest absolute Gasteiger partial charge is 0.317 e. The van der Waals surface area contributed by atoms with Gasteiger partial charge < -0.3 is 24.4 Å². The van der Waals surface area contributed by atoms with Crippen molar-refractivity contribution in [3.05, 3.63) is 59.4 Å². The minimum absolute atomic E-state index is 0.0608. The molecule has 1 saturated heterocycles. The van der Waals surface area contributed by atoms with Gasteiger partial charge >= 0.3 is 6.03 Å². The van der Waals surface area contributed by atoms with E-state index in [0.29, 0.717) is 18.7 Å². The Hall–Kier alpha value is -3.55. The molecule has 4 rings (SSSR count). The maximum absolute atomic E-state index is 12.7. The number of nitrogens with one attached hydrogen (secondary N) is 1. The zero-order valence-electron chi connectivity index (χ0n) is 18.8. The molecule has 0 saturated carbocycles. The molecule has 168 valence electrons. The monoisotopic (exact) mass is 435 g/mol. The predicted octanol–water partition coefficient (Wildman–Crippen LogP) is 3.16. The molecule has 8 nitrogen and oxygen atoms in total. The quantitative estimate of drug-likeness (QED) is 0.645. The van der Waals surface area contributed by atoms with E-state index in [1.165, 1.54) is 0 Å². The molecule has 3 aromatic rings. The molecule has 1 aliphatic rings. The van der Waals surface area contributed by atoms with Crippen molar-refractivity contribution in [3.63, 3.8) is 0 Å². The van der Waals surface area contributed by atoms with E-state index in [4.69, 9.17) is 9.72 Å². The van der Waals surface area contributed by atoms with Gasteiger partial charge in [0.25, 0.3) is 5.91 Å². The van der Waals surface area contributed by atoms with E-state index in [1.54, 1.807) is 19.1 Å². The number of benzene rings is 2. The fraction of sp³-hybridized carbons (Fsp3) is 0.375. The fourth-order valence-electron chi connectivity index (χ4n) is 4.01. The molecule has 32 heavy (non-hydrogen) atoms. The fourth-order valence-corrected chi connectivity index (χ4v) is 4.01. The molecule has 0 bridgehead atoms. The number of imidazole rings is 1. The molecule has 1 fully saturated rings. The zero-order chi connectivity index (χ0) is 22.7. The highest BCUT2D eigenvalue weighted by molar-refractivity contribution is 5.97. The summed E-state index contributed by atoms with van der Waals surface area (Å²) in [7, 11) is 5.28. The summed E-state index contributed by atoms with van der Waals surface area (Å²) in [6, 6.07) is 13.0. The van der Waals surface area contributed by atoms with Crippen molar-refractivity contribution in [1.82, 2.24) is 24.7 Å². The Morgan fingerprint density at radius 2 is 1.94 bits per heavy atom. The van der Waals surface area contributed by atoms with E-state index in [9.17, 15) is 9.59 Å². The van der Waals surface area contributed by atoms with Crippen molar-refractivity contribution in [2.75, 3.05) is 27.2 Å². The number of nitrogens with zero attached hydrogens (tertiary/aromatic N) is 4. The number of methoxy groups -OCH3 is 1. The van der Waals surface area contributed by atoms with Crippen LogP contribution in [0.4, 0.5) is 4.79 Å². The summed E-state index contributed by atoms with van der Waals surface area (Å²) in [6.45, 7) is 2.40. The number of carbonyl (C=O) groups excluding carboxylic acids is 2. The van der Waals surface area contributed by atoms with Crippen LogP contribution in [-0.4, -0.2) is 58.5 Å². The lowest BCUT2D eigenvalue weighted by atomic mass is 10.2. The van der Waals surface area contributed by atoms with Crippen LogP contribution in [0.1, 0.15) is 34.6 Å². The Balaban J connectivity index is 1.42. The minimum atomic E-state index is -0.190. The van der Waals surface area contributed by atoms with Crippen LogP contribution in [0.3, 0.4) is 0 Å². The van der Waals surface area contributed by atoms with Gasteiger partial charge in [0.2, 0.25) is 0 Å². The van der Waals surface area contributed by atoms with Gasteiger partial charge in [-0.25, -0.2) is 9.78 Å². The summed E-state index contributed by atoms with van der Waals surface area (Å²) < 4.78 is 7.19. The highest BCUT2D eigenvalue weighted by Gasteiger charge is 2.21. The van der Waals surface area contributed by atoms with Crippen molar-refractivity contribution < 1.29 is 14.3 Å². The largest absolute Gasteiger partial charge is 0.497 e. The molecule has 0 radical (unpaired) electrons. The number of hydrogen-bond donors (Lipinski definition) is 1. The molecule has 1 aliphatic heterocycles. The van der Waals surface area contributed by atoms with Crippen LogP contribution >= 0.6 is 0 Å².